The molecule has 2 aromatic rings. The molecule has 24 heavy (non-hydrogen) atoms. The standard InChI is InChI=1S/C18H18ClFN2O2/c19-14-5-3-4-13(16(14)20)18(7-1-2-8-18)11-22-17(24)12-6-9-21-15(23)10-12/h3-6,9-10H,1-2,7-8,11H2,(H,21,23)(H,22,24). The molecule has 0 spiro atoms. The zero-order chi connectivity index (χ0) is 17.2. The molecule has 1 aliphatic carbocycles. The molecule has 0 saturated heterocycles. The fraction of sp³-hybridized carbons (Fsp3) is 0.333. The predicted octanol–water partition coefficient (Wildman–Crippen LogP) is 3.41. The van der Waals surface area contributed by atoms with Gasteiger partial charge in [-0.15, -0.1) is 0 Å². The van der Waals surface area contributed by atoms with Gasteiger partial charge in [0.1, 0.15) is 5.82 Å². The van der Waals surface area contributed by atoms with Gasteiger partial charge in [0.25, 0.3) is 5.91 Å². The minimum atomic E-state index is -0.453. The van der Waals surface area contributed by atoms with Crippen LogP contribution in [0.15, 0.2) is 41.3 Å². The molecule has 126 valence electrons. The van der Waals surface area contributed by atoms with E-state index in [9.17, 15) is 14.0 Å². The van der Waals surface area contributed by atoms with E-state index in [1.54, 1.807) is 12.1 Å². The van der Waals surface area contributed by atoms with Gasteiger partial charge in [-0.1, -0.05) is 36.6 Å². The highest BCUT2D eigenvalue weighted by Gasteiger charge is 2.38. The lowest BCUT2D eigenvalue weighted by Crippen LogP contribution is -2.39. The van der Waals surface area contributed by atoms with Crippen molar-refractivity contribution in [2.24, 2.45) is 0 Å². The number of aromatic amines is 1. The first kappa shape index (κ1) is 16.7. The highest BCUT2D eigenvalue weighted by atomic mass is 35.5. The minimum Gasteiger partial charge on any atom is -0.351 e. The Labute approximate surface area is 144 Å². The Morgan fingerprint density at radius 3 is 2.75 bits per heavy atom. The summed E-state index contributed by atoms with van der Waals surface area (Å²) < 4.78 is 14.5. The molecular formula is C18H18ClFN2O2. The van der Waals surface area contributed by atoms with Crippen LogP contribution in [0.2, 0.25) is 5.02 Å². The molecule has 0 unspecified atom stereocenters. The number of carbonyl (C=O) groups excluding carboxylic acids is 1. The van der Waals surface area contributed by atoms with Gasteiger partial charge >= 0.3 is 0 Å². The molecule has 1 aromatic carbocycles. The number of amides is 1. The summed E-state index contributed by atoms with van der Waals surface area (Å²) in [6.45, 7) is 0.315. The topological polar surface area (TPSA) is 62.0 Å². The number of hydrogen-bond acceptors (Lipinski definition) is 2. The molecule has 0 bridgehead atoms. The lowest BCUT2D eigenvalue weighted by molar-refractivity contribution is 0.0942. The van der Waals surface area contributed by atoms with Gasteiger partial charge in [-0.2, -0.15) is 0 Å². The summed E-state index contributed by atoms with van der Waals surface area (Å²) >= 11 is 5.93. The van der Waals surface area contributed by atoms with Crippen LogP contribution < -0.4 is 10.9 Å². The van der Waals surface area contributed by atoms with E-state index in [0.717, 1.165) is 25.7 Å². The van der Waals surface area contributed by atoms with Crippen LogP contribution in [0.4, 0.5) is 4.39 Å². The third-order valence-corrected chi connectivity index (χ3v) is 5.00. The number of pyridine rings is 1. The maximum absolute atomic E-state index is 14.5. The average Bonchev–Trinajstić information content (AvgIpc) is 3.05. The molecule has 0 atom stereocenters. The Kier molecular flexibility index (Phi) is 4.71. The van der Waals surface area contributed by atoms with Crippen molar-refractivity contribution in [3.63, 3.8) is 0 Å². The van der Waals surface area contributed by atoms with E-state index in [0.29, 0.717) is 17.7 Å². The van der Waals surface area contributed by atoms with Crippen LogP contribution >= 0.6 is 11.6 Å². The van der Waals surface area contributed by atoms with Gasteiger partial charge in [0.05, 0.1) is 5.02 Å². The number of hydrogen-bond donors (Lipinski definition) is 2. The van der Waals surface area contributed by atoms with Crippen LogP contribution in [0.25, 0.3) is 0 Å². The summed E-state index contributed by atoms with van der Waals surface area (Å²) in [6, 6.07) is 7.79. The van der Waals surface area contributed by atoms with Gasteiger partial charge in [0.15, 0.2) is 0 Å². The van der Waals surface area contributed by atoms with E-state index in [1.165, 1.54) is 24.4 Å². The molecule has 3 rings (SSSR count). The van der Waals surface area contributed by atoms with Crippen molar-refractivity contribution in [2.45, 2.75) is 31.1 Å². The molecule has 6 heteroatoms. The third-order valence-electron chi connectivity index (χ3n) is 4.71. The highest BCUT2D eigenvalue weighted by molar-refractivity contribution is 6.30. The van der Waals surface area contributed by atoms with Gasteiger partial charge in [0.2, 0.25) is 5.56 Å². The minimum absolute atomic E-state index is 0.0969. The van der Waals surface area contributed by atoms with Crippen LogP contribution in [-0.4, -0.2) is 17.4 Å². The van der Waals surface area contributed by atoms with Crippen molar-refractivity contribution in [3.05, 3.63) is 68.8 Å². The molecule has 1 amide bonds. The van der Waals surface area contributed by atoms with Crippen molar-refractivity contribution in [1.29, 1.82) is 0 Å². The second-order valence-corrected chi connectivity index (χ2v) is 6.62. The third kappa shape index (κ3) is 3.22. The summed E-state index contributed by atoms with van der Waals surface area (Å²) in [5.41, 5.74) is 0.0579. The Balaban J connectivity index is 1.83. The van der Waals surface area contributed by atoms with Crippen molar-refractivity contribution < 1.29 is 9.18 Å². The molecule has 1 heterocycles. The molecular weight excluding hydrogens is 331 g/mol. The summed E-state index contributed by atoms with van der Waals surface area (Å²) in [6.07, 6.45) is 4.97. The summed E-state index contributed by atoms with van der Waals surface area (Å²) in [7, 11) is 0. The first-order chi connectivity index (χ1) is 11.5. The van der Waals surface area contributed by atoms with Crippen LogP contribution in [0, 0.1) is 5.82 Å². The first-order valence-electron chi connectivity index (χ1n) is 7.93. The van der Waals surface area contributed by atoms with E-state index >= 15 is 0 Å². The summed E-state index contributed by atoms with van der Waals surface area (Å²) in [4.78, 5) is 26.1. The molecule has 1 fully saturated rings. The first-order valence-corrected chi connectivity index (χ1v) is 8.31. The molecule has 1 saturated carbocycles. The zero-order valence-electron chi connectivity index (χ0n) is 13.1. The largest absolute Gasteiger partial charge is 0.351 e. The maximum atomic E-state index is 14.5. The fourth-order valence-corrected chi connectivity index (χ4v) is 3.62. The van der Waals surface area contributed by atoms with Crippen molar-refractivity contribution >= 4 is 17.5 Å². The van der Waals surface area contributed by atoms with Gasteiger partial charge in [-0.25, -0.2) is 4.39 Å². The van der Waals surface area contributed by atoms with Crippen molar-refractivity contribution in [3.8, 4) is 0 Å². The van der Waals surface area contributed by atoms with E-state index < -0.39 is 11.2 Å². The number of rotatable bonds is 4. The normalized spacial score (nSPS) is 16.1. The fourth-order valence-electron chi connectivity index (χ4n) is 3.44. The van der Waals surface area contributed by atoms with Crippen LogP contribution in [0.5, 0.6) is 0 Å². The zero-order valence-corrected chi connectivity index (χ0v) is 13.8. The SMILES string of the molecule is O=C(NCC1(c2cccc(Cl)c2F)CCCC1)c1cc[nH]c(=O)c1. The van der Waals surface area contributed by atoms with Crippen molar-refractivity contribution in [1.82, 2.24) is 10.3 Å². The Bertz CT molecular complexity index is 813. The van der Waals surface area contributed by atoms with Gasteiger partial charge < -0.3 is 10.3 Å². The maximum Gasteiger partial charge on any atom is 0.251 e. The number of nitrogens with one attached hydrogen (secondary N) is 2. The van der Waals surface area contributed by atoms with Crippen molar-refractivity contribution in [2.75, 3.05) is 6.54 Å². The second kappa shape index (κ2) is 6.77. The molecule has 1 aromatic heterocycles. The van der Waals surface area contributed by atoms with Crippen LogP contribution in [-0.2, 0) is 5.41 Å². The molecule has 0 aliphatic heterocycles. The second-order valence-electron chi connectivity index (χ2n) is 6.21. The van der Waals surface area contributed by atoms with E-state index in [2.05, 4.69) is 10.3 Å². The van der Waals surface area contributed by atoms with Gasteiger partial charge in [0, 0.05) is 29.8 Å². The smallest absolute Gasteiger partial charge is 0.251 e. The van der Waals surface area contributed by atoms with Gasteiger partial charge in [-0.05, 0) is 30.5 Å². The average molecular weight is 349 g/mol. The summed E-state index contributed by atoms with van der Waals surface area (Å²) in [5, 5.41) is 2.95. The predicted molar refractivity (Wildman–Crippen MR) is 91.0 cm³/mol. The number of halogens is 2. The Hall–Kier alpha value is -2.14. The van der Waals surface area contributed by atoms with E-state index in [4.69, 9.17) is 11.6 Å². The number of carbonyl (C=O) groups is 1. The number of H-pyrrole nitrogens is 1. The monoisotopic (exact) mass is 348 g/mol. The highest BCUT2D eigenvalue weighted by Crippen LogP contribution is 2.42. The molecule has 4 nitrogen and oxygen atoms in total. The lowest BCUT2D eigenvalue weighted by atomic mass is 9.78. The number of benzene rings is 1. The Morgan fingerprint density at radius 1 is 1.29 bits per heavy atom. The lowest BCUT2D eigenvalue weighted by Gasteiger charge is -2.30. The van der Waals surface area contributed by atoms with Gasteiger partial charge in [-0.3, -0.25) is 9.59 Å². The van der Waals surface area contributed by atoms with Crippen LogP contribution in [0.1, 0.15) is 41.6 Å². The van der Waals surface area contributed by atoms with E-state index in [-0.39, 0.29) is 16.5 Å². The molecule has 2 N–H and O–H groups in total. The van der Waals surface area contributed by atoms with E-state index in [1.807, 2.05) is 0 Å². The quantitative estimate of drug-likeness (QED) is 0.889. The number of aromatic nitrogens is 1. The molecule has 0 radical (unpaired) electrons. The van der Waals surface area contributed by atoms with Crippen LogP contribution in [0.3, 0.4) is 0 Å². The summed E-state index contributed by atoms with van der Waals surface area (Å²) in [5.74, 6) is -0.749. The molecule has 1 aliphatic rings. The Morgan fingerprint density at radius 2 is 2.04 bits per heavy atom.